The first kappa shape index (κ1) is 32.9. The van der Waals surface area contributed by atoms with Gasteiger partial charge in [-0.2, -0.15) is 12.6 Å². The van der Waals surface area contributed by atoms with Gasteiger partial charge in [-0.15, -0.1) is 5.21 Å². The van der Waals surface area contributed by atoms with Crippen LogP contribution in [-0.4, -0.2) is 40.5 Å². The average molecular weight is 518 g/mol. The quantitative estimate of drug-likeness (QED) is 0.287. The number of thiol groups is 1. The van der Waals surface area contributed by atoms with E-state index >= 15 is 0 Å². The minimum absolute atomic E-state index is 0.0457. The summed E-state index contributed by atoms with van der Waals surface area (Å²) in [5.41, 5.74) is 4.01. The molecule has 0 amide bonds. The zero-order valence-corrected chi connectivity index (χ0v) is 25.9. The van der Waals surface area contributed by atoms with E-state index in [1.807, 2.05) is 13.8 Å². The molecule has 0 bridgehead atoms. The lowest BCUT2D eigenvalue weighted by atomic mass is 9.36. The van der Waals surface area contributed by atoms with Crippen molar-refractivity contribution in [3.8, 4) is 0 Å². The van der Waals surface area contributed by atoms with E-state index in [-0.39, 0.29) is 11.5 Å². The molecule has 0 saturated heterocycles. The van der Waals surface area contributed by atoms with Gasteiger partial charge in [0.05, 0.1) is 29.6 Å². The van der Waals surface area contributed by atoms with Crippen LogP contribution in [0.25, 0.3) is 0 Å². The first-order chi connectivity index (χ1) is 17.1. The van der Waals surface area contributed by atoms with Crippen molar-refractivity contribution in [3.63, 3.8) is 0 Å². The summed E-state index contributed by atoms with van der Waals surface area (Å²) in [6.07, 6.45) is 11.5. The van der Waals surface area contributed by atoms with Crippen molar-refractivity contribution in [1.82, 2.24) is 0 Å². The largest absolute Gasteiger partial charge is 0.393 e. The van der Waals surface area contributed by atoms with Gasteiger partial charge < -0.3 is 5.11 Å². The Morgan fingerprint density at radius 3 is 2.14 bits per heavy atom. The second-order valence-electron chi connectivity index (χ2n) is 13.7. The van der Waals surface area contributed by atoms with Crippen LogP contribution in [0.15, 0.2) is 24.3 Å². The fourth-order valence-electron chi connectivity index (χ4n) is 6.44. The van der Waals surface area contributed by atoms with Crippen LogP contribution in [0, 0.1) is 22.7 Å². The second-order valence-corrected chi connectivity index (χ2v) is 14.2. The van der Waals surface area contributed by atoms with Crippen LogP contribution in [0.1, 0.15) is 123 Å². The Labute approximate surface area is 239 Å². The van der Waals surface area contributed by atoms with Crippen molar-refractivity contribution in [2.45, 2.75) is 135 Å². The summed E-state index contributed by atoms with van der Waals surface area (Å²) >= 11 is 4.08. The molecule has 202 valence electrons. The van der Waals surface area contributed by atoms with E-state index in [9.17, 15) is 5.11 Å². The molecule has 1 aromatic rings. The van der Waals surface area contributed by atoms with Crippen molar-refractivity contribution in [1.29, 1.82) is 0 Å². The number of aliphatic hydroxyl groups excluding tert-OH is 1. The lowest BCUT2D eigenvalue weighted by Crippen LogP contribution is -2.43. The van der Waals surface area contributed by atoms with Gasteiger partial charge in [0.15, 0.2) is 0 Å². The number of rotatable bonds is 6. The Balaban J connectivity index is 0.000000229. The molecule has 37 heavy (non-hydrogen) atoms. The maximum Gasteiger partial charge on any atom is 0.0726 e. The Hall–Kier alpha value is -0.275. The van der Waals surface area contributed by atoms with Crippen LogP contribution in [0.3, 0.4) is 0 Å². The number of aryl methyl sites for hydroxylation is 1. The van der Waals surface area contributed by atoms with Crippen LogP contribution in [0.2, 0.25) is 10.5 Å². The topological polar surface area (TPSA) is 20.2 Å². The Morgan fingerprint density at radius 2 is 1.59 bits per heavy atom. The van der Waals surface area contributed by atoms with E-state index in [0.717, 1.165) is 36.3 Å². The summed E-state index contributed by atoms with van der Waals surface area (Å²) in [5, 5.41) is 9.06. The van der Waals surface area contributed by atoms with E-state index in [1.54, 1.807) is 11.1 Å². The van der Waals surface area contributed by atoms with Gasteiger partial charge in [0, 0.05) is 0 Å². The van der Waals surface area contributed by atoms with Crippen LogP contribution >= 0.6 is 12.6 Å². The summed E-state index contributed by atoms with van der Waals surface area (Å²) in [6.45, 7) is 15.1. The zero-order valence-electron chi connectivity index (χ0n) is 25.0. The molecule has 3 aliphatic carbocycles. The third-order valence-corrected chi connectivity index (χ3v) is 10.8. The van der Waals surface area contributed by atoms with Crippen LogP contribution in [-0.2, 0) is 6.42 Å². The van der Waals surface area contributed by atoms with E-state index in [4.69, 9.17) is 23.5 Å². The maximum atomic E-state index is 10.4. The molecule has 5 unspecified atom stereocenters. The van der Waals surface area contributed by atoms with Crippen LogP contribution < -0.4 is 0 Å². The highest BCUT2D eigenvalue weighted by Gasteiger charge is 2.54. The van der Waals surface area contributed by atoms with Crippen LogP contribution in [0.4, 0.5) is 0 Å². The number of benzene rings is 1. The van der Waals surface area contributed by atoms with Gasteiger partial charge in [0.25, 0.3) is 0 Å². The van der Waals surface area contributed by atoms with Crippen molar-refractivity contribution in [2.24, 2.45) is 22.7 Å². The van der Waals surface area contributed by atoms with E-state index in [2.05, 4.69) is 71.5 Å². The third kappa shape index (κ3) is 8.12. The molecule has 1 N–H and O–H groups in total. The molecule has 0 aliphatic heterocycles. The second kappa shape index (κ2) is 13.4. The number of fused-ring (bicyclic) bond motifs is 5. The summed E-state index contributed by atoms with van der Waals surface area (Å²) in [6, 6.07) is 9.08. The Morgan fingerprint density at radius 1 is 0.973 bits per heavy atom. The van der Waals surface area contributed by atoms with E-state index < -0.39 is 10.5 Å². The SMILES string of the molecule is CC12CCC3c4ccccc4CCC3C1CCC2O.CCC(C)(C)CC.[B]C(C)(C)C([B])([B])CCCS. The van der Waals surface area contributed by atoms with Crippen molar-refractivity contribution >= 4 is 36.2 Å². The van der Waals surface area contributed by atoms with Gasteiger partial charge in [-0.3, -0.25) is 0 Å². The smallest absolute Gasteiger partial charge is 0.0726 e. The predicted molar refractivity (Wildman–Crippen MR) is 169 cm³/mol. The first-order valence-corrected chi connectivity index (χ1v) is 15.5. The molecule has 1 nitrogen and oxygen atoms in total. The van der Waals surface area contributed by atoms with Crippen molar-refractivity contribution < 1.29 is 5.11 Å². The van der Waals surface area contributed by atoms with Gasteiger partial charge in [0.2, 0.25) is 0 Å². The minimum Gasteiger partial charge on any atom is -0.393 e. The lowest BCUT2D eigenvalue weighted by Gasteiger charge is -2.50. The molecule has 3 aliphatic rings. The molecule has 6 radical (unpaired) electrons. The highest BCUT2D eigenvalue weighted by Crippen LogP contribution is 2.60. The van der Waals surface area contributed by atoms with Gasteiger partial charge in [-0.1, -0.05) is 97.3 Å². The number of aliphatic hydroxyl groups is 1. The molecular formula is C32H53B3OS. The van der Waals surface area contributed by atoms with E-state index in [0.29, 0.717) is 11.8 Å². The fourth-order valence-corrected chi connectivity index (χ4v) is 6.60. The molecule has 0 heterocycles. The number of hydrogen-bond acceptors (Lipinski definition) is 2. The molecule has 1 aromatic carbocycles. The molecule has 0 aromatic heterocycles. The summed E-state index contributed by atoms with van der Waals surface area (Å²) in [4.78, 5) is 0. The molecule has 5 atom stereocenters. The highest BCUT2D eigenvalue weighted by atomic mass is 32.1. The average Bonchev–Trinajstić information content (AvgIpc) is 3.17. The standard InChI is InChI=1S/C18H24O.C7H13B3S.C7H16/c1-18-11-10-14-13-5-3-2-4-12(13)6-7-15(14)16(18)8-9-17(18)19;1-6(2,8)7(9,10)4-3-5-11;1-5-7(3,4)6-2/h2-5,14-17,19H,6-11H2,1H3;11H,3-5H2,1-2H3;5-6H2,1-4H3. The zero-order chi connectivity index (χ0) is 28.1. The van der Waals surface area contributed by atoms with Gasteiger partial charge in [0.1, 0.15) is 0 Å². The predicted octanol–water partition coefficient (Wildman–Crippen LogP) is 8.25. The lowest BCUT2D eigenvalue weighted by molar-refractivity contribution is -0.0226. The first-order valence-electron chi connectivity index (χ1n) is 14.9. The van der Waals surface area contributed by atoms with Gasteiger partial charge in [-0.25, -0.2) is 0 Å². The monoisotopic (exact) mass is 518 g/mol. The normalized spacial score (nSPS) is 29.0. The minimum atomic E-state index is -0.782. The number of hydrogen-bond donors (Lipinski definition) is 2. The Bertz CT molecular complexity index is 828. The molecule has 0 spiro atoms. The van der Waals surface area contributed by atoms with E-state index in [1.165, 1.54) is 44.9 Å². The molecule has 2 saturated carbocycles. The summed E-state index contributed by atoms with van der Waals surface area (Å²) in [7, 11) is 17.4. The molecule has 4 rings (SSSR count). The molecule has 2 fully saturated rings. The summed E-state index contributed by atoms with van der Waals surface area (Å²) in [5.74, 6) is 3.15. The summed E-state index contributed by atoms with van der Waals surface area (Å²) < 4.78 is 0. The maximum absolute atomic E-state index is 10.4. The molecular weight excluding hydrogens is 465 g/mol. The molecule has 5 heteroatoms. The van der Waals surface area contributed by atoms with Gasteiger partial charge in [-0.05, 0) is 90.4 Å². The van der Waals surface area contributed by atoms with Crippen molar-refractivity contribution in [2.75, 3.05) is 5.75 Å². The third-order valence-electron chi connectivity index (χ3n) is 10.5. The highest BCUT2D eigenvalue weighted by molar-refractivity contribution is 7.80. The van der Waals surface area contributed by atoms with Crippen LogP contribution in [0.5, 0.6) is 0 Å². The Kier molecular flexibility index (Phi) is 11.9. The fraction of sp³-hybridized carbons (Fsp3) is 0.812. The van der Waals surface area contributed by atoms with Gasteiger partial charge >= 0.3 is 0 Å². The van der Waals surface area contributed by atoms with Crippen molar-refractivity contribution in [3.05, 3.63) is 35.4 Å².